The highest BCUT2D eigenvalue weighted by molar-refractivity contribution is 9.10. The topological polar surface area (TPSA) is 74.6 Å². The van der Waals surface area contributed by atoms with Gasteiger partial charge in [-0.05, 0) is 28.1 Å². The molecule has 0 unspecified atom stereocenters. The first-order valence-corrected chi connectivity index (χ1v) is 5.22. The molecule has 0 amide bonds. The quantitative estimate of drug-likeness (QED) is 0.760. The maximum Gasteiger partial charge on any atom is 0.298 e. The van der Waals surface area contributed by atoms with Crippen LogP contribution in [0.25, 0.3) is 0 Å². The molecule has 7 heteroatoms. The molecule has 0 atom stereocenters. The lowest BCUT2D eigenvalue weighted by molar-refractivity contribution is 0.415. The van der Waals surface area contributed by atoms with Crippen molar-refractivity contribution in [2.45, 2.75) is 4.90 Å². The molecule has 0 aliphatic heterocycles. The Morgan fingerprint density at radius 3 is 2.31 bits per heavy atom. The Balaban J connectivity index is 3.62. The molecule has 4 nitrogen and oxygen atoms in total. The summed E-state index contributed by atoms with van der Waals surface area (Å²) in [5.41, 5.74) is 0. The van der Waals surface area contributed by atoms with E-state index >= 15 is 0 Å². The van der Waals surface area contributed by atoms with Crippen LogP contribution in [0, 0.1) is 5.82 Å². The van der Waals surface area contributed by atoms with Crippen molar-refractivity contribution in [3.05, 3.63) is 22.4 Å². The summed E-state index contributed by atoms with van der Waals surface area (Å²) >= 11 is 2.73. The number of hydrogen-bond donors (Lipinski definition) is 2. The molecular weight excluding hydrogens is 267 g/mol. The van der Waals surface area contributed by atoms with Crippen molar-refractivity contribution in [2.75, 3.05) is 0 Å². The largest absolute Gasteiger partial charge is 0.505 e. The van der Waals surface area contributed by atoms with Gasteiger partial charge in [-0.3, -0.25) is 4.55 Å². The van der Waals surface area contributed by atoms with Crippen molar-refractivity contribution in [1.29, 1.82) is 0 Å². The normalized spacial score (nSPS) is 11.6. The lowest BCUT2D eigenvalue weighted by Gasteiger charge is -2.03. The van der Waals surface area contributed by atoms with E-state index in [1.165, 1.54) is 0 Å². The Morgan fingerprint density at radius 1 is 1.38 bits per heavy atom. The number of phenols is 1. The smallest absolute Gasteiger partial charge is 0.298 e. The van der Waals surface area contributed by atoms with Crippen LogP contribution in [0.3, 0.4) is 0 Å². The predicted molar refractivity (Wildman–Crippen MR) is 45.6 cm³/mol. The maximum absolute atomic E-state index is 12.9. The molecule has 0 aliphatic carbocycles. The molecule has 0 fully saturated rings. The van der Waals surface area contributed by atoms with Gasteiger partial charge >= 0.3 is 0 Å². The van der Waals surface area contributed by atoms with Gasteiger partial charge in [0.1, 0.15) is 4.90 Å². The average molecular weight is 271 g/mol. The zero-order chi connectivity index (χ0) is 10.2. The fourth-order valence-corrected chi connectivity index (χ4v) is 2.32. The summed E-state index contributed by atoms with van der Waals surface area (Å²) in [4.78, 5) is -0.965. The number of benzene rings is 1. The standard InChI is InChI=1S/C6H4BrFO4S/c7-3-1-2-4(9)5(8)6(3)13(10,11)12/h1-2,9H,(H,10,11,12). The van der Waals surface area contributed by atoms with Gasteiger partial charge in [0.05, 0.1) is 0 Å². The van der Waals surface area contributed by atoms with Crippen LogP contribution in [0.4, 0.5) is 4.39 Å². The number of phenolic OH excluding ortho intramolecular Hbond substituents is 1. The summed E-state index contributed by atoms with van der Waals surface area (Å²) in [6.07, 6.45) is 0. The van der Waals surface area contributed by atoms with E-state index in [1.54, 1.807) is 0 Å². The summed E-state index contributed by atoms with van der Waals surface area (Å²) < 4.78 is 42.6. The minimum absolute atomic E-state index is 0.148. The highest BCUT2D eigenvalue weighted by atomic mass is 79.9. The van der Waals surface area contributed by atoms with Crippen LogP contribution in [-0.4, -0.2) is 18.1 Å². The Morgan fingerprint density at radius 2 is 1.92 bits per heavy atom. The van der Waals surface area contributed by atoms with Crippen LogP contribution < -0.4 is 0 Å². The Hall–Kier alpha value is -0.660. The molecule has 72 valence electrons. The fraction of sp³-hybridized carbons (Fsp3) is 0. The second-order valence-electron chi connectivity index (χ2n) is 2.18. The lowest BCUT2D eigenvalue weighted by atomic mass is 10.3. The van der Waals surface area contributed by atoms with E-state index in [2.05, 4.69) is 15.9 Å². The first-order chi connectivity index (χ1) is 5.84. The van der Waals surface area contributed by atoms with Gasteiger partial charge in [0, 0.05) is 4.47 Å². The molecule has 13 heavy (non-hydrogen) atoms. The Kier molecular flexibility index (Phi) is 2.60. The summed E-state index contributed by atoms with van der Waals surface area (Å²) in [5.74, 6) is -2.22. The molecule has 0 heterocycles. The van der Waals surface area contributed by atoms with E-state index in [0.717, 1.165) is 12.1 Å². The zero-order valence-electron chi connectivity index (χ0n) is 6.03. The van der Waals surface area contributed by atoms with Gasteiger partial charge < -0.3 is 5.11 Å². The fourth-order valence-electron chi connectivity index (χ4n) is 0.759. The first-order valence-electron chi connectivity index (χ1n) is 2.98. The molecule has 1 rings (SSSR count). The number of halogens is 2. The zero-order valence-corrected chi connectivity index (χ0v) is 8.43. The summed E-state index contributed by atoms with van der Waals surface area (Å²) in [7, 11) is -4.67. The summed E-state index contributed by atoms with van der Waals surface area (Å²) in [6.45, 7) is 0. The van der Waals surface area contributed by atoms with Crippen LogP contribution in [0.5, 0.6) is 5.75 Å². The Labute approximate surface area is 81.9 Å². The van der Waals surface area contributed by atoms with Crippen molar-refractivity contribution in [2.24, 2.45) is 0 Å². The van der Waals surface area contributed by atoms with E-state index in [0.29, 0.717) is 0 Å². The van der Waals surface area contributed by atoms with Gasteiger partial charge in [-0.25, -0.2) is 4.39 Å². The molecule has 1 aromatic carbocycles. The van der Waals surface area contributed by atoms with Gasteiger partial charge in [0.2, 0.25) is 0 Å². The third-order valence-electron chi connectivity index (χ3n) is 1.29. The van der Waals surface area contributed by atoms with Gasteiger partial charge in [0.25, 0.3) is 10.1 Å². The van der Waals surface area contributed by atoms with E-state index in [-0.39, 0.29) is 4.47 Å². The molecular formula is C6H4BrFO4S. The number of rotatable bonds is 1. The molecule has 0 bridgehead atoms. The van der Waals surface area contributed by atoms with Crippen LogP contribution in [0.1, 0.15) is 0 Å². The van der Waals surface area contributed by atoms with Gasteiger partial charge in [-0.2, -0.15) is 8.42 Å². The van der Waals surface area contributed by atoms with Crippen molar-refractivity contribution < 1.29 is 22.5 Å². The number of hydrogen-bond acceptors (Lipinski definition) is 3. The third kappa shape index (κ3) is 1.98. The van der Waals surface area contributed by atoms with Crippen LogP contribution in [0.2, 0.25) is 0 Å². The summed E-state index contributed by atoms with van der Waals surface area (Å²) in [6, 6.07) is 2.08. The highest BCUT2D eigenvalue weighted by Crippen LogP contribution is 2.29. The molecule has 0 aliphatic rings. The van der Waals surface area contributed by atoms with Crippen LogP contribution in [-0.2, 0) is 10.1 Å². The van der Waals surface area contributed by atoms with E-state index in [1.807, 2.05) is 0 Å². The lowest BCUT2D eigenvalue weighted by Crippen LogP contribution is -2.02. The maximum atomic E-state index is 12.9. The minimum Gasteiger partial charge on any atom is -0.505 e. The molecule has 0 radical (unpaired) electrons. The van der Waals surface area contributed by atoms with Crippen LogP contribution >= 0.6 is 15.9 Å². The predicted octanol–water partition coefficient (Wildman–Crippen LogP) is 1.54. The second kappa shape index (κ2) is 3.24. The molecule has 2 N–H and O–H groups in total. The SMILES string of the molecule is O=S(=O)(O)c1c(Br)ccc(O)c1F. The van der Waals surface area contributed by atoms with Crippen molar-refractivity contribution in [3.63, 3.8) is 0 Å². The van der Waals surface area contributed by atoms with E-state index in [9.17, 15) is 12.8 Å². The van der Waals surface area contributed by atoms with Crippen molar-refractivity contribution in [3.8, 4) is 5.75 Å². The minimum atomic E-state index is -4.67. The number of aromatic hydroxyl groups is 1. The first kappa shape index (κ1) is 10.4. The average Bonchev–Trinajstić information content (AvgIpc) is 1.95. The molecule has 0 spiro atoms. The van der Waals surface area contributed by atoms with Gasteiger partial charge in [0.15, 0.2) is 11.6 Å². The van der Waals surface area contributed by atoms with E-state index < -0.39 is 26.6 Å². The monoisotopic (exact) mass is 270 g/mol. The highest BCUT2D eigenvalue weighted by Gasteiger charge is 2.22. The molecule has 0 aromatic heterocycles. The van der Waals surface area contributed by atoms with Crippen molar-refractivity contribution in [1.82, 2.24) is 0 Å². The molecule has 0 saturated heterocycles. The van der Waals surface area contributed by atoms with E-state index in [4.69, 9.17) is 9.66 Å². The van der Waals surface area contributed by atoms with Gasteiger partial charge in [-0.15, -0.1) is 0 Å². The molecule has 1 aromatic rings. The molecule has 0 saturated carbocycles. The Bertz CT molecular complexity index is 442. The van der Waals surface area contributed by atoms with Crippen LogP contribution in [0.15, 0.2) is 21.5 Å². The van der Waals surface area contributed by atoms with Crippen molar-refractivity contribution >= 4 is 26.0 Å². The van der Waals surface area contributed by atoms with Gasteiger partial charge in [-0.1, -0.05) is 0 Å². The second-order valence-corrected chi connectivity index (χ2v) is 4.40. The summed E-state index contributed by atoms with van der Waals surface area (Å²) in [5, 5.41) is 8.82. The third-order valence-corrected chi connectivity index (χ3v) is 3.12.